The van der Waals surface area contributed by atoms with Crippen molar-refractivity contribution in [1.29, 1.82) is 0 Å². The maximum atomic E-state index is 13.1. The molecular formula is C19H18FNO3. The van der Waals surface area contributed by atoms with Crippen molar-refractivity contribution in [2.45, 2.75) is 25.3 Å². The van der Waals surface area contributed by atoms with Gasteiger partial charge < -0.3 is 10.0 Å². The number of carbonyl (C=O) groups is 2. The third-order valence-electron chi connectivity index (χ3n) is 4.36. The highest BCUT2D eigenvalue weighted by atomic mass is 19.1. The standard InChI is InChI=1S/C19H18FNO3/c20-16-8-6-14(7-9-16)17-5-2-10-21(17)18(22)12-13-3-1-4-15(11-13)19(23)24/h1,3-4,6-9,11,17H,2,5,10,12H2,(H,23,24). The summed E-state index contributed by atoms with van der Waals surface area (Å²) in [5, 5.41) is 9.04. The molecule has 1 unspecified atom stereocenters. The van der Waals surface area contributed by atoms with Crippen molar-refractivity contribution >= 4 is 11.9 Å². The summed E-state index contributed by atoms with van der Waals surface area (Å²) in [7, 11) is 0. The van der Waals surface area contributed by atoms with E-state index in [9.17, 15) is 14.0 Å². The van der Waals surface area contributed by atoms with E-state index in [1.165, 1.54) is 24.3 Å². The van der Waals surface area contributed by atoms with Crippen LogP contribution in [0.25, 0.3) is 0 Å². The average Bonchev–Trinajstić information content (AvgIpc) is 3.05. The van der Waals surface area contributed by atoms with E-state index in [1.807, 2.05) is 0 Å². The van der Waals surface area contributed by atoms with Gasteiger partial charge in [-0.25, -0.2) is 9.18 Å². The first-order chi connectivity index (χ1) is 11.5. The molecule has 2 aromatic rings. The lowest BCUT2D eigenvalue weighted by atomic mass is 10.0. The van der Waals surface area contributed by atoms with E-state index < -0.39 is 5.97 Å². The summed E-state index contributed by atoms with van der Waals surface area (Å²) < 4.78 is 13.1. The van der Waals surface area contributed by atoms with E-state index >= 15 is 0 Å². The van der Waals surface area contributed by atoms with Crippen LogP contribution in [0.3, 0.4) is 0 Å². The number of benzene rings is 2. The molecule has 2 aromatic carbocycles. The van der Waals surface area contributed by atoms with Crippen LogP contribution in [0.2, 0.25) is 0 Å². The third-order valence-corrected chi connectivity index (χ3v) is 4.36. The van der Waals surface area contributed by atoms with Gasteiger partial charge in [-0.1, -0.05) is 24.3 Å². The van der Waals surface area contributed by atoms with Gasteiger partial charge in [-0.15, -0.1) is 0 Å². The monoisotopic (exact) mass is 327 g/mol. The van der Waals surface area contributed by atoms with Gasteiger partial charge in [0.2, 0.25) is 5.91 Å². The second kappa shape index (κ2) is 6.83. The Kier molecular flexibility index (Phi) is 4.60. The van der Waals surface area contributed by atoms with Crippen molar-refractivity contribution in [2.24, 2.45) is 0 Å². The quantitative estimate of drug-likeness (QED) is 0.936. The molecule has 5 heteroatoms. The molecule has 1 aliphatic rings. The lowest BCUT2D eigenvalue weighted by molar-refractivity contribution is -0.131. The third kappa shape index (κ3) is 3.45. The molecule has 1 atom stereocenters. The number of amides is 1. The van der Waals surface area contributed by atoms with Crippen LogP contribution in [-0.2, 0) is 11.2 Å². The zero-order chi connectivity index (χ0) is 17.1. The largest absolute Gasteiger partial charge is 0.478 e. The smallest absolute Gasteiger partial charge is 0.335 e. The van der Waals surface area contributed by atoms with Gasteiger partial charge in [-0.05, 0) is 48.2 Å². The number of likely N-dealkylation sites (tertiary alicyclic amines) is 1. The molecule has 1 saturated heterocycles. The fraction of sp³-hybridized carbons (Fsp3) is 0.263. The van der Waals surface area contributed by atoms with E-state index in [0.717, 1.165) is 18.4 Å². The Morgan fingerprint density at radius 3 is 2.62 bits per heavy atom. The molecule has 1 fully saturated rings. The molecular weight excluding hydrogens is 309 g/mol. The van der Waals surface area contributed by atoms with Gasteiger partial charge in [0.05, 0.1) is 18.0 Å². The summed E-state index contributed by atoms with van der Waals surface area (Å²) in [6.07, 6.45) is 1.92. The van der Waals surface area contributed by atoms with E-state index in [0.29, 0.717) is 12.1 Å². The van der Waals surface area contributed by atoms with Crippen LogP contribution < -0.4 is 0 Å². The minimum absolute atomic E-state index is 0.0376. The van der Waals surface area contributed by atoms with Crippen LogP contribution in [0.15, 0.2) is 48.5 Å². The molecule has 1 amide bonds. The van der Waals surface area contributed by atoms with Gasteiger partial charge in [0.25, 0.3) is 0 Å². The second-order valence-electron chi connectivity index (χ2n) is 5.98. The van der Waals surface area contributed by atoms with Crippen molar-refractivity contribution < 1.29 is 19.1 Å². The number of hydrogen-bond acceptors (Lipinski definition) is 2. The molecule has 3 rings (SSSR count). The molecule has 1 heterocycles. The second-order valence-corrected chi connectivity index (χ2v) is 5.98. The molecule has 1 N–H and O–H groups in total. The lowest BCUT2D eigenvalue weighted by Crippen LogP contribution is -2.31. The number of carboxylic acids is 1. The van der Waals surface area contributed by atoms with Gasteiger partial charge in [0.1, 0.15) is 5.82 Å². The minimum Gasteiger partial charge on any atom is -0.478 e. The number of hydrogen-bond donors (Lipinski definition) is 1. The minimum atomic E-state index is -1.00. The highest BCUT2D eigenvalue weighted by Gasteiger charge is 2.29. The number of aromatic carboxylic acids is 1. The molecule has 0 aliphatic carbocycles. The molecule has 0 radical (unpaired) electrons. The first kappa shape index (κ1) is 16.2. The van der Waals surface area contributed by atoms with Gasteiger partial charge >= 0.3 is 5.97 Å². The Bertz CT molecular complexity index is 757. The fourth-order valence-corrected chi connectivity index (χ4v) is 3.19. The van der Waals surface area contributed by atoms with Crippen molar-refractivity contribution in [3.8, 4) is 0 Å². The summed E-state index contributed by atoms with van der Waals surface area (Å²) >= 11 is 0. The molecule has 124 valence electrons. The summed E-state index contributed by atoms with van der Waals surface area (Å²) in [5.41, 5.74) is 1.79. The molecule has 24 heavy (non-hydrogen) atoms. The van der Waals surface area contributed by atoms with Crippen molar-refractivity contribution in [3.05, 3.63) is 71.0 Å². The first-order valence-electron chi connectivity index (χ1n) is 7.92. The predicted octanol–water partition coefficient (Wildman–Crippen LogP) is 3.43. The molecule has 0 aromatic heterocycles. The molecule has 1 aliphatic heterocycles. The van der Waals surface area contributed by atoms with E-state index in [1.54, 1.807) is 29.2 Å². The van der Waals surface area contributed by atoms with Crippen molar-refractivity contribution in [1.82, 2.24) is 4.90 Å². The SMILES string of the molecule is O=C(O)c1cccc(CC(=O)N2CCCC2c2ccc(F)cc2)c1. The maximum Gasteiger partial charge on any atom is 0.335 e. The molecule has 0 saturated carbocycles. The van der Waals surface area contributed by atoms with E-state index in [2.05, 4.69) is 0 Å². The Morgan fingerprint density at radius 1 is 1.17 bits per heavy atom. The number of halogens is 1. The van der Waals surface area contributed by atoms with E-state index in [4.69, 9.17) is 5.11 Å². The average molecular weight is 327 g/mol. The van der Waals surface area contributed by atoms with E-state index in [-0.39, 0.29) is 29.8 Å². The van der Waals surface area contributed by atoms with Gasteiger partial charge in [-0.3, -0.25) is 4.79 Å². The van der Waals surface area contributed by atoms with Gasteiger partial charge in [0.15, 0.2) is 0 Å². The Balaban J connectivity index is 1.75. The number of carbonyl (C=O) groups excluding carboxylic acids is 1. The van der Waals surface area contributed by atoms with Crippen LogP contribution in [0, 0.1) is 5.82 Å². The summed E-state index contributed by atoms with van der Waals surface area (Å²) in [6.45, 7) is 0.666. The Hall–Kier alpha value is -2.69. The highest BCUT2D eigenvalue weighted by Crippen LogP contribution is 2.32. The molecule has 0 bridgehead atoms. The summed E-state index contributed by atoms with van der Waals surface area (Å²) in [4.78, 5) is 25.5. The van der Waals surface area contributed by atoms with Crippen molar-refractivity contribution in [2.75, 3.05) is 6.54 Å². The fourth-order valence-electron chi connectivity index (χ4n) is 3.19. The maximum absolute atomic E-state index is 13.1. The summed E-state index contributed by atoms with van der Waals surface area (Å²) in [6, 6.07) is 12.7. The number of carboxylic acid groups (broad SMARTS) is 1. The number of nitrogens with zero attached hydrogens (tertiary/aromatic N) is 1. The van der Waals surface area contributed by atoms with Crippen LogP contribution in [0.1, 0.15) is 40.4 Å². The van der Waals surface area contributed by atoms with Crippen molar-refractivity contribution in [3.63, 3.8) is 0 Å². The highest BCUT2D eigenvalue weighted by molar-refractivity contribution is 5.88. The van der Waals surface area contributed by atoms with Crippen LogP contribution in [0.5, 0.6) is 0 Å². The topological polar surface area (TPSA) is 57.6 Å². The zero-order valence-electron chi connectivity index (χ0n) is 13.1. The van der Waals surface area contributed by atoms with Gasteiger partial charge in [0, 0.05) is 6.54 Å². The molecule has 4 nitrogen and oxygen atoms in total. The zero-order valence-corrected chi connectivity index (χ0v) is 13.1. The Labute approximate surface area is 139 Å². The number of rotatable bonds is 4. The first-order valence-corrected chi connectivity index (χ1v) is 7.92. The Morgan fingerprint density at radius 2 is 1.92 bits per heavy atom. The lowest BCUT2D eigenvalue weighted by Gasteiger charge is -2.25. The normalized spacial score (nSPS) is 17.0. The van der Waals surface area contributed by atoms with Crippen LogP contribution >= 0.6 is 0 Å². The predicted molar refractivity (Wildman–Crippen MR) is 87.2 cm³/mol. The van der Waals surface area contributed by atoms with Crippen LogP contribution in [0.4, 0.5) is 4.39 Å². The molecule has 0 spiro atoms. The summed E-state index contributed by atoms with van der Waals surface area (Å²) in [5.74, 6) is -1.33. The van der Waals surface area contributed by atoms with Crippen LogP contribution in [-0.4, -0.2) is 28.4 Å². The van der Waals surface area contributed by atoms with Gasteiger partial charge in [-0.2, -0.15) is 0 Å².